The zero-order chi connectivity index (χ0) is 15.5. The highest BCUT2D eigenvalue weighted by Gasteiger charge is 2.17. The number of nitrogens with one attached hydrogen (secondary N) is 1. The third-order valence-electron chi connectivity index (χ3n) is 3.97. The Hall–Kier alpha value is -1.47. The van der Waals surface area contributed by atoms with Crippen LogP contribution in [0.4, 0.5) is 0 Å². The summed E-state index contributed by atoms with van der Waals surface area (Å²) in [6, 6.07) is 5.16. The van der Waals surface area contributed by atoms with Gasteiger partial charge in [-0.05, 0) is 18.2 Å². The van der Waals surface area contributed by atoms with Crippen LogP contribution in [0.15, 0.2) is 23.0 Å². The number of halogens is 1. The fourth-order valence-corrected chi connectivity index (χ4v) is 2.93. The van der Waals surface area contributed by atoms with E-state index in [9.17, 15) is 4.79 Å². The monoisotopic (exact) mass is 322 g/mol. The van der Waals surface area contributed by atoms with Crippen LogP contribution in [-0.4, -0.2) is 64.2 Å². The number of aliphatic hydroxyl groups is 1. The maximum Gasteiger partial charge on any atom is 0.258 e. The first-order chi connectivity index (χ1) is 10.7. The second-order valence-electron chi connectivity index (χ2n) is 5.52. The molecule has 2 aromatic rings. The van der Waals surface area contributed by atoms with Gasteiger partial charge in [-0.15, -0.1) is 0 Å². The minimum absolute atomic E-state index is 0.151. The second kappa shape index (κ2) is 6.75. The van der Waals surface area contributed by atoms with Crippen molar-refractivity contribution < 1.29 is 5.11 Å². The predicted octanol–water partition coefficient (Wildman–Crippen LogP) is 0.686. The SMILES string of the molecule is O=c1[nH]c(CN2CCN(CCO)CC2)nc2ccc(Cl)cc12. The van der Waals surface area contributed by atoms with E-state index >= 15 is 0 Å². The topological polar surface area (TPSA) is 72.5 Å². The number of H-pyrrole nitrogens is 1. The number of hydrogen-bond donors (Lipinski definition) is 2. The molecule has 7 heteroatoms. The molecule has 0 bridgehead atoms. The van der Waals surface area contributed by atoms with E-state index in [1.165, 1.54) is 0 Å². The number of aromatic amines is 1. The molecule has 1 aromatic carbocycles. The van der Waals surface area contributed by atoms with Crippen molar-refractivity contribution in [2.45, 2.75) is 6.54 Å². The second-order valence-corrected chi connectivity index (χ2v) is 5.95. The molecule has 0 atom stereocenters. The van der Waals surface area contributed by atoms with Crippen LogP contribution in [-0.2, 0) is 6.54 Å². The molecule has 2 heterocycles. The fraction of sp³-hybridized carbons (Fsp3) is 0.467. The van der Waals surface area contributed by atoms with Crippen molar-refractivity contribution in [3.63, 3.8) is 0 Å². The van der Waals surface area contributed by atoms with Gasteiger partial charge in [-0.25, -0.2) is 4.98 Å². The van der Waals surface area contributed by atoms with Crippen LogP contribution >= 0.6 is 11.6 Å². The van der Waals surface area contributed by atoms with Crippen LogP contribution in [0.3, 0.4) is 0 Å². The lowest BCUT2D eigenvalue weighted by molar-refractivity contribution is 0.107. The van der Waals surface area contributed by atoms with Gasteiger partial charge in [0, 0.05) is 37.7 Å². The molecule has 3 rings (SSSR count). The molecule has 1 fully saturated rings. The first-order valence-electron chi connectivity index (χ1n) is 7.40. The number of benzene rings is 1. The van der Waals surface area contributed by atoms with Gasteiger partial charge in [-0.1, -0.05) is 11.6 Å². The molecule has 0 amide bonds. The Kier molecular flexibility index (Phi) is 4.73. The molecule has 1 aliphatic heterocycles. The molecule has 0 radical (unpaired) electrons. The Morgan fingerprint density at radius 2 is 1.95 bits per heavy atom. The summed E-state index contributed by atoms with van der Waals surface area (Å²) in [5.41, 5.74) is 0.517. The quantitative estimate of drug-likeness (QED) is 0.866. The highest BCUT2D eigenvalue weighted by molar-refractivity contribution is 6.31. The maximum atomic E-state index is 12.1. The lowest BCUT2D eigenvalue weighted by Gasteiger charge is -2.33. The van der Waals surface area contributed by atoms with Gasteiger partial charge in [-0.2, -0.15) is 0 Å². The highest BCUT2D eigenvalue weighted by Crippen LogP contribution is 2.15. The predicted molar refractivity (Wildman–Crippen MR) is 86.2 cm³/mol. The number of aromatic nitrogens is 2. The largest absolute Gasteiger partial charge is 0.395 e. The molecule has 0 aliphatic carbocycles. The van der Waals surface area contributed by atoms with E-state index in [-0.39, 0.29) is 12.2 Å². The van der Waals surface area contributed by atoms with Gasteiger partial charge in [0.1, 0.15) is 5.82 Å². The standard InChI is InChI=1S/C15H19ClN4O2/c16-11-1-2-13-12(9-11)15(22)18-14(17-13)10-20-5-3-19(4-6-20)7-8-21/h1-2,9,21H,3-8,10H2,(H,17,18,22). The summed E-state index contributed by atoms with van der Waals surface area (Å²) < 4.78 is 0. The van der Waals surface area contributed by atoms with Crippen LogP contribution in [0.25, 0.3) is 10.9 Å². The molecule has 2 N–H and O–H groups in total. The summed E-state index contributed by atoms with van der Waals surface area (Å²) in [4.78, 5) is 24.0. The third kappa shape index (κ3) is 3.47. The first-order valence-corrected chi connectivity index (χ1v) is 7.77. The summed E-state index contributed by atoms with van der Waals surface area (Å²) in [7, 11) is 0. The van der Waals surface area contributed by atoms with Gasteiger partial charge in [0.05, 0.1) is 24.1 Å². The van der Waals surface area contributed by atoms with Crippen molar-refractivity contribution in [2.75, 3.05) is 39.3 Å². The number of fused-ring (bicyclic) bond motifs is 1. The lowest BCUT2D eigenvalue weighted by atomic mass is 10.2. The molecule has 1 saturated heterocycles. The summed E-state index contributed by atoms with van der Waals surface area (Å²) in [6.07, 6.45) is 0. The summed E-state index contributed by atoms with van der Waals surface area (Å²) in [5, 5.41) is 10.0. The molecular formula is C15H19ClN4O2. The smallest absolute Gasteiger partial charge is 0.258 e. The maximum absolute atomic E-state index is 12.1. The Bertz CT molecular complexity index is 710. The normalized spacial score (nSPS) is 17.2. The van der Waals surface area contributed by atoms with E-state index in [1.54, 1.807) is 18.2 Å². The van der Waals surface area contributed by atoms with E-state index in [4.69, 9.17) is 16.7 Å². The van der Waals surface area contributed by atoms with Gasteiger partial charge >= 0.3 is 0 Å². The van der Waals surface area contributed by atoms with Crippen molar-refractivity contribution in [3.05, 3.63) is 39.4 Å². The molecule has 0 spiro atoms. The molecule has 0 saturated carbocycles. The van der Waals surface area contributed by atoms with Crippen molar-refractivity contribution in [1.82, 2.24) is 19.8 Å². The minimum Gasteiger partial charge on any atom is -0.395 e. The van der Waals surface area contributed by atoms with Crippen LogP contribution in [0, 0.1) is 0 Å². The van der Waals surface area contributed by atoms with Gasteiger partial charge in [0.15, 0.2) is 0 Å². The van der Waals surface area contributed by atoms with Crippen molar-refractivity contribution in [1.29, 1.82) is 0 Å². The Balaban J connectivity index is 1.72. The zero-order valence-corrected chi connectivity index (χ0v) is 13.0. The molecule has 1 aliphatic rings. The van der Waals surface area contributed by atoms with E-state index in [1.807, 2.05) is 0 Å². The molecule has 1 aromatic heterocycles. The highest BCUT2D eigenvalue weighted by atomic mass is 35.5. The number of hydrogen-bond acceptors (Lipinski definition) is 5. The van der Waals surface area contributed by atoms with Gasteiger partial charge < -0.3 is 10.1 Å². The van der Waals surface area contributed by atoms with Crippen LogP contribution in [0.1, 0.15) is 5.82 Å². The first kappa shape index (κ1) is 15.4. The van der Waals surface area contributed by atoms with Gasteiger partial charge in [0.25, 0.3) is 5.56 Å². The number of piperazine rings is 1. The number of rotatable bonds is 4. The van der Waals surface area contributed by atoms with Crippen LogP contribution in [0.2, 0.25) is 5.02 Å². The average molecular weight is 323 g/mol. The molecule has 0 unspecified atom stereocenters. The van der Waals surface area contributed by atoms with E-state index in [0.717, 1.165) is 32.7 Å². The fourth-order valence-electron chi connectivity index (χ4n) is 2.76. The average Bonchev–Trinajstić information content (AvgIpc) is 2.50. The summed E-state index contributed by atoms with van der Waals surface area (Å²) in [6.45, 7) is 5.20. The molecule has 22 heavy (non-hydrogen) atoms. The summed E-state index contributed by atoms with van der Waals surface area (Å²) >= 11 is 5.91. The Morgan fingerprint density at radius 3 is 2.68 bits per heavy atom. The summed E-state index contributed by atoms with van der Waals surface area (Å²) in [5.74, 6) is 0.676. The third-order valence-corrected chi connectivity index (χ3v) is 4.21. The van der Waals surface area contributed by atoms with Crippen LogP contribution in [0.5, 0.6) is 0 Å². The minimum atomic E-state index is -0.151. The van der Waals surface area contributed by atoms with Gasteiger partial charge in [-0.3, -0.25) is 14.6 Å². The number of aliphatic hydroxyl groups excluding tert-OH is 1. The van der Waals surface area contributed by atoms with Crippen molar-refractivity contribution >= 4 is 22.5 Å². The van der Waals surface area contributed by atoms with Crippen molar-refractivity contribution in [3.8, 4) is 0 Å². The molecule has 6 nitrogen and oxygen atoms in total. The van der Waals surface area contributed by atoms with E-state index in [2.05, 4.69) is 19.8 Å². The van der Waals surface area contributed by atoms with Crippen LogP contribution < -0.4 is 5.56 Å². The number of nitrogens with zero attached hydrogens (tertiary/aromatic N) is 3. The zero-order valence-electron chi connectivity index (χ0n) is 12.3. The number of β-amino-alcohol motifs (C(OH)–C–C–N with tert-alkyl or cyclic N) is 1. The van der Waals surface area contributed by atoms with Crippen molar-refractivity contribution in [2.24, 2.45) is 0 Å². The Morgan fingerprint density at radius 1 is 1.23 bits per heavy atom. The van der Waals surface area contributed by atoms with E-state index < -0.39 is 0 Å². The molecule has 118 valence electrons. The lowest BCUT2D eigenvalue weighted by Crippen LogP contribution is -2.46. The van der Waals surface area contributed by atoms with Gasteiger partial charge in [0.2, 0.25) is 0 Å². The Labute approximate surface area is 133 Å². The molecular weight excluding hydrogens is 304 g/mol. The van der Waals surface area contributed by atoms with E-state index in [0.29, 0.717) is 28.3 Å².